The first-order chi connectivity index (χ1) is 15.6. The predicted molar refractivity (Wildman–Crippen MR) is 124 cm³/mol. The summed E-state index contributed by atoms with van der Waals surface area (Å²) in [6, 6.07) is 15.6. The van der Waals surface area contributed by atoms with Crippen LogP contribution in [-0.2, 0) is 9.53 Å². The van der Waals surface area contributed by atoms with Crippen molar-refractivity contribution in [3.63, 3.8) is 0 Å². The summed E-state index contributed by atoms with van der Waals surface area (Å²) in [5.74, 6) is -1.55. The van der Waals surface area contributed by atoms with E-state index in [-0.39, 0.29) is 17.5 Å². The number of hydrogen-bond donors (Lipinski definition) is 3. The van der Waals surface area contributed by atoms with Crippen LogP contribution in [0.25, 0.3) is 10.9 Å². The van der Waals surface area contributed by atoms with Gasteiger partial charge in [0, 0.05) is 29.1 Å². The van der Waals surface area contributed by atoms with Crippen LogP contribution in [0.5, 0.6) is 0 Å². The molecule has 0 saturated carbocycles. The fraction of sp³-hybridized carbons (Fsp3) is 0.320. The van der Waals surface area contributed by atoms with Gasteiger partial charge in [-0.1, -0.05) is 30.3 Å². The Kier molecular flexibility index (Phi) is 5.84. The number of fused-ring (bicyclic) bond motifs is 1. The van der Waals surface area contributed by atoms with Crippen molar-refractivity contribution in [3.8, 4) is 0 Å². The van der Waals surface area contributed by atoms with E-state index in [9.17, 15) is 19.5 Å². The first-order valence-corrected chi connectivity index (χ1v) is 10.8. The van der Waals surface area contributed by atoms with Crippen LogP contribution in [0, 0.1) is 0 Å². The van der Waals surface area contributed by atoms with E-state index in [1.807, 2.05) is 30.3 Å². The van der Waals surface area contributed by atoms with Crippen molar-refractivity contribution in [2.75, 3.05) is 11.9 Å². The molecule has 1 aromatic heterocycles. The number of nitrogens with zero attached hydrogens (tertiary/aromatic N) is 1. The standard InChI is InChI=1S/C25H27N3O5/c1-25(2,3)33-24(32)28-12-11-18(15-7-5-4-6-8-15)21(28)22(29)26-17-9-10-19-16(13-17)14-20(27-19)23(30)31/h4-10,13-14,18,21,27H,11-12H2,1-3H3,(H,26,29)(H,30,31)/t18-,21+/m1/s1. The minimum absolute atomic E-state index is 0.0736. The molecule has 4 rings (SSSR count). The van der Waals surface area contributed by atoms with E-state index in [4.69, 9.17) is 4.74 Å². The molecule has 3 aromatic rings. The number of aromatic carboxylic acids is 1. The molecule has 2 amide bonds. The van der Waals surface area contributed by atoms with Crippen LogP contribution in [0.1, 0.15) is 49.2 Å². The molecule has 3 N–H and O–H groups in total. The summed E-state index contributed by atoms with van der Waals surface area (Å²) in [5, 5.41) is 12.8. The van der Waals surface area contributed by atoms with Gasteiger partial charge in [-0.15, -0.1) is 0 Å². The number of carbonyl (C=O) groups excluding carboxylic acids is 2. The van der Waals surface area contributed by atoms with Gasteiger partial charge in [0.1, 0.15) is 17.3 Å². The first kappa shape index (κ1) is 22.4. The molecule has 0 aliphatic carbocycles. The molecule has 172 valence electrons. The normalized spacial score (nSPS) is 18.3. The summed E-state index contributed by atoms with van der Waals surface area (Å²) in [6.07, 6.45) is 0.119. The fourth-order valence-electron chi connectivity index (χ4n) is 4.23. The van der Waals surface area contributed by atoms with Crippen molar-refractivity contribution in [3.05, 3.63) is 65.9 Å². The smallest absolute Gasteiger partial charge is 0.410 e. The van der Waals surface area contributed by atoms with E-state index < -0.39 is 23.7 Å². The lowest BCUT2D eigenvalue weighted by molar-refractivity contribution is -0.120. The Morgan fingerprint density at radius 2 is 1.82 bits per heavy atom. The summed E-state index contributed by atoms with van der Waals surface area (Å²) < 4.78 is 5.57. The van der Waals surface area contributed by atoms with Crippen molar-refractivity contribution in [1.82, 2.24) is 9.88 Å². The molecule has 1 aliphatic rings. The van der Waals surface area contributed by atoms with Crippen LogP contribution in [0.15, 0.2) is 54.6 Å². The highest BCUT2D eigenvalue weighted by Crippen LogP contribution is 2.35. The average molecular weight is 450 g/mol. The molecule has 2 aromatic carbocycles. The highest BCUT2D eigenvalue weighted by Gasteiger charge is 2.44. The van der Waals surface area contributed by atoms with Crippen LogP contribution in [-0.4, -0.2) is 51.1 Å². The van der Waals surface area contributed by atoms with Gasteiger partial charge in [0.15, 0.2) is 0 Å². The molecular weight excluding hydrogens is 422 g/mol. The maximum absolute atomic E-state index is 13.5. The largest absolute Gasteiger partial charge is 0.477 e. The van der Waals surface area contributed by atoms with Crippen molar-refractivity contribution in [1.29, 1.82) is 0 Å². The van der Waals surface area contributed by atoms with Crippen LogP contribution in [0.2, 0.25) is 0 Å². The number of aromatic nitrogens is 1. The minimum Gasteiger partial charge on any atom is -0.477 e. The number of carboxylic acids is 1. The van der Waals surface area contributed by atoms with Gasteiger partial charge in [0.25, 0.3) is 0 Å². The zero-order valence-corrected chi connectivity index (χ0v) is 18.8. The SMILES string of the molecule is CC(C)(C)OC(=O)N1CC[C@H](c2ccccc2)[C@H]1C(=O)Nc1ccc2[nH]c(C(=O)O)cc2c1. The monoisotopic (exact) mass is 449 g/mol. The van der Waals surface area contributed by atoms with E-state index in [0.29, 0.717) is 29.6 Å². The molecule has 1 saturated heterocycles. The highest BCUT2D eigenvalue weighted by molar-refractivity contribution is 6.00. The molecule has 2 heterocycles. The van der Waals surface area contributed by atoms with Crippen LogP contribution in [0.4, 0.5) is 10.5 Å². The molecule has 0 unspecified atom stereocenters. The summed E-state index contributed by atoms with van der Waals surface area (Å²) in [4.78, 5) is 41.9. The Morgan fingerprint density at radius 3 is 2.48 bits per heavy atom. The molecule has 0 radical (unpaired) electrons. The zero-order chi connectivity index (χ0) is 23.8. The van der Waals surface area contributed by atoms with Gasteiger partial charge in [-0.05, 0) is 57.0 Å². The number of benzene rings is 2. The quantitative estimate of drug-likeness (QED) is 0.539. The number of hydrogen-bond acceptors (Lipinski definition) is 4. The van der Waals surface area contributed by atoms with E-state index in [1.165, 1.54) is 11.0 Å². The average Bonchev–Trinajstić information content (AvgIpc) is 3.37. The van der Waals surface area contributed by atoms with E-state index >= 15 is 0 Å². The lowest BCUT2D eigenvalue weighted by Gasteiger charge is -2.30. The van der Waals surface area contributed by atoms with Crippen LogP contribution in [0.3, 0.4) is 0 Å². The van der Waals surface area contributed by atoms with E-state index in [0.717, 1.165) is 5.56 Å². The molecule has 0 bridgehead atoms. The van der Waals surface area contributed by atoms with Gasteiger partial charge in [0.05, 0.1) is 0 Å². The van der Waals surface area contributed by atoms with Gasteiger partial charge >= 0.3 is 12.1 Å². The number of carboxylic acid groups (broad SMARTS) is 1. The highest BCUT2D eigenvalue weighted by atomic mass is 16.6. The number of ether oxygens (including phenoxy) is 1. The summed E-state index contributed by atoms with van der Waals surface area (Å²) in [7, 11) is 0. The maximum atomic E-state index is 13.5. The number of amides is 2. The molecule has 1 fully saturated rings. The predicted octanol–water partition coefficient (Wildman–Crippen LogP) is 4.60. The van der Waals surface area contributed by atoms with Crippen LogP contribution >= 0.6 is 0 Å². The molecule has 8 nitrogen and oxygen atoms in total. The molecule has 8 heteroatoms. The molecule has 0 spiro atoms. The van der Waals surface area contributed by atoms with Crippen molar-refractivity contribution in [2.45, 2.75) is 44.8 Å². The van der Waals surface area contributed by atoms with Crippen molar-refractivity contribution >= 4 is 34.6 Å². The molecule has 1 aliphatic heterocycles. The third-order valence-corrected chi connectivity index (χ3v) is 5.64. The molecular formula is C25H27N3O5. The van der Waals surface area contributed by atoms with E-state index in [1.54, 1.807) is 39.0 Å². The molecule has 33 heavy (non-hydrogen) atoms. The number of aromatic amines is 1. The Balaban J connectivity index is 1.62. The Labute approximate surface area is 191 Å². The summed E-state index contributed by atoms with van der Waals surface area (Å²) in [6.45, 7) is 5.79. The molecule has 2 atom stereocenters. The third kappa shape index (κ3) is 4.84. The summed E-state index contributed by atoms with van der Waals surface area (Å²) in [5.41, 5.74) is 1.56. The van der Waals surface area contributed by atoms with Gasteiger partial charge in [0.2, 0.25) is 5.91 Å². The number of nitrogens with one attached hydrogen (secondary N) is 2. The topological polar surface area (TPSA) is 112 Å². The fourth-order valence-corrected chi connectivity index (χ4v) is 4.23. The van der Waals surface area contributed by atoms with Gasteiger partial charge < -0.3 is 20.1 Å². The number of rotatable bonds is 4. The van der Waals surface area contributed by atoms with Gasteiger partial charge in [-0.25, -0.2) is 9.59 Å². The third-order valence-electron chi connectivity index (χ3n) is 5.64. The maximum Gasteiger partial charge on any atom is 0.410 e. The lowest BCUT2D eigenvalue weighted by atomic mass is 9.91. The summed E-state index contributed by atoms with van der Waals surface area (Å²) >= 11 is 0. The number of H-pyrrole nitrogens is 1. The first-order valence-electron chi connectivity index (χ1n) is 10.8. The number of likely N-dealkylation sites (tertiary alicyclic amines) is 1. The second-order valence-electron chi connectivity index (χ2n) is 9.20. The zero-order valence-electron chi connectivity index (χ0n) is 18.8. The Bertz CT molecular complexity index is 1200. The van der Waals surface area contributed by atoms with Crippen LogP contribution < -0.4 is 5.32 Å². The van der Waals surface area contributed by atoms with Crippen molar-refractivity contribution in [2.24, 2.45) is 0 Å². The Morgan fingerprint density at radius 1 is 1.09 bits per heavy atom. The lowest BCUT2D eigenvalue weighted by Crippen LogP contribution is -2.47. The van der Waals surface area contributed by atoms with Gasteiger partial charge in [-0.3, -0.25) is 9.69 Å². The van der Waals surface area contributed by atoms with Crippen molar-refractivity contribution < 1.29 is 24.2 Å². The minimum atomic E-state index is -1.05. The number of carbonyl (C=O) groups is 3. The van der Waals surface area contributed by atoms with E-state index in [2.05, 4.69) is 10.3 Å². The Hall–Kier alpha value is -3.81. The second-order valence-corrected chi connectivity index (χ2v) is 9.20. The number of anilines is 1. The second kappa shape index (κ2) is 8.61. The van der Waals surface area contributed by atoms with Gasteiger partial charge in [-0.2, -0.15) is 0 Å².